The van der Waals surface area contributed by atoms with Crippen LogP contribution in [0.5, 0.6) is 5.75 Å². The molecule has 184 valence electrons. The van der Waals surface area contributed by atoms with E-state index in [1.54, 1.807) is 24.3 Å². The highest BCUT2D eigenvalue weighted by atomic mass is 35.5. The maximum Gasteiger partial charge on any atom is 0.248 e. The molecule has 1 aromatic heterocycles. The standard InChI is InChI=1S/C26H29ClFN5O2/c1-35-24-16-22-19(26(30-17-29-22)31-18-9-10-21(28)20(27)14-18)15-23(24)32-25(34)8-4-2-5-11-33-12-6-3-7-13-33/h4,8-10,14-17H,2-3,5-7,11-13H2,1H3,(H,32,34)(H,29,30,31). The van der Waals surface area contributed by atoms with Gasteiger partial charge in [0.15, 0.2) is 0 Å². The number of nitrogens with one attached hydrogen (secondary N) is 2. The lowest BCUT2D eigenvalue weighted by Gasteiger charge is -2.25. The van der Waals surface area contributed by atoms with Gasteiger partial charge in [-0.1, -0.05) is 24.1 Å². The molecular weight excluding hydrogens is 469 g/mol. The summed E-state index contributed by atoms with van der Waals surface area (Å²) in [6.45, 7) is 3.43. The molecule has 0 atom stereocenters. The number of carbonyl (C=O) groups is 1. The van der Waals surface area contributed by atoms with E-state index in [4.69, 9.17) is 16.3 Å². The van der Waals surface area contributed by atoms with Gasteiger partial charge in [-0.25, -0.2) is 14.4 Å². The van der Waals surface area contributed by atoms with Gasteiger partial charge in [0.1, 0.15) is 23.7 Å². The molecule has 2 aromatic carbocycles. The number of fused-ring (bicyclic) bond motifs is 1. The van der Waals surface area contributed by atoms with E-state index in [-0.39, 0.29) is 10.9 Å². The molecule has 1 aliphatic heterocycles. The van der Waals surface area contributed by atoms with E-state index in [0.29, 0.717) is 33.8 Å². The summed E-state index contributed by atoms with van der Waals surface area (Å²) in [5, 5.41) is 6.69. The first-order valence-corrected chi connectivity index (χ1v) is 12.2. The minimum absolute atomic E-state index is 0.00528. The molecule has 3 aromatic rings. The molecule has 0 bridgehead atoms. The van der Waals surface area contributed by atoms with Crippen LogP contribution in [0, 0.1) is 5.82 Å². The number of halogens is 2. The Morgan fingerprint density at radius 3 is 2.80 bits per heavy atom. The lowest BCUT2D eigenvalue weighted by atomic mass is 10.1. The molecule has 1 amide bonds. The van der Waals surface area contributed by atoms with Crippen molar-refractivity contribution in [3.8, 4) is 5.75 Å². The molecule has 9 heteroatoms. The van der Waals surface area contributed by atoms with Crippen molar-refractivity contribution in [2.75, 3.05) is 37.4 Å². The topological polar surface area (TPSA) is 79.4 Å². The number of allylic oxidation sites excluding steroid dienone is 1. The normalized spacial score (nSPS) is 14.4. The third-order valence-corrected chi connectivity index (χ3v) is 6.25. The van der Waals surface area contributed by atoms with Crippen molar-refractivity contribution in [1.29, 1.82) is 0 Å². The van der Waals surface area contributed by atoms with Gasteiger partial charge in [-0.15, -0.1) is 0 Å². The fourth-order valence-corrected chi connectivity index (χ4v) is 4.32. The first kappa shape index (κ1) is 24.9. The van der Waals surface area contributed by atoms with E-state index in [0.717, 1.165) is 19.4 Å². The molecular formula is C26H29ClFN5O2. The highest BCUT2D eigenvalue weighted by Crippen LogP contribution is 2.33. The molecule has 35 heavy (non-hydrogen) atoms. The number of carbonyl (C=O) groups excluding carboxylic acids is 1. The average Bonchev–Trinajstić information content (AvgIpc) is 2.86. The second-order valence-electron chi connectivity index (χ2n) is 8.48. The predicted molar refractivity (Wildman–Crippen MR) is 138 cm³/mol. The summed E-state index contributed by atoms with van der Waals surface area (Å²) in [4.78, 5) is 23.7. The lowest BCUT2D eigenvalue weighted by Crippen LogP contribution is -2.30. The van der Waals surface area contributed by atoms with Crippen LogP contribution in [-0.2, 0) is 4.79 Å². The molecule has 0 unspecified atom stereocenters. The van der Waals surface area contributed by atoms with Gasteiger partial charge in [-0.05, 0) is 75.7 Å². The summed E-state index contributed by atoms with van der Waals surface area (Å²) in [6.07, 6.45) is 10.7. The van der Waals surface area contributed by atoms with Crippen molar-refractivity contribution in [3.63, 3.8) is 0 Å². The maximum absolute atomic E-state index is 13.5. The van der Waals surface area contributed by atoms with E-state index in [2.05, 4.69) is 25.5 Å². The molecule has 1 saturated heterocycles. The van der Waals surface area contributed by atoms with Gasteiger partial charge in [-0.3, -0.25) is 4.79 Å². The van der Waals surface area contributed by atoms with E-state index < -0.39 is 5.82 Å². The third-order valence-electron chi connectivity index (χ3n) is 5.96. The largest absolute Gasteiger partial charge is 0.494 e. The van der Waals surface area contributed by atoms with Crippen molar-refractivity contribution in [2.45, 2.75) is 32.1 Å². The van der Waals surface area contributed by atoms with Gasteiger partial charge in [0.2, 0.25) is 5.91 Å². The molecule has 0 saturated carbocycles. The number of anilines is 3. The smallest absolute Gasteiger partial charge is 0.248 e. The van der Waals surface area contributed by atoms with Gasteiger partial charge in [0, 0.05) is 17.1 Å². The van der Waals surface area contributed by atoms with Crippen LogP contribution in [0.2, 0.25) is 5.02 Å². The highest BCUT2D eigenvalue weighted by Gasteiger charge is 2.13. The van der Waals surface area contributed by atoms with Crippen LogP contribution >= 0.6 is 11.6 Å². The summed E-state index contributed by atoms with van der Waals surface area (Å²) >= 11 is 5.90. The number of benzene rings is 2. The molecule has 2 heterocycles. The Hall–Kier alpha value is -3.23. The second-order valence-corrected chi connectivity index (χ2v) is 8.89. The lowest BCUT2D eigenvalue weighted by molar-refractivity contribution is -0.111. The monoisotopic (exact) mass is 497 g/mol. The number of hydrogen-bond acceptors (Lipinski definition) is 6. The number of hydrogen-bond donors (Lipinski definition) is 2. The van der Waals surface area contributed by atoms with E-state index in [1.807, 2.05) is 6.08 Å². The van der Waals surface area contributed by atoms with Crippen LogP contribution < -0.4 is 15.4 Å². The summed E-state index contributed by atoms with van der Waals surface area (Å²) < 4.78 is 19.0. The van der Waals surface area contributed by atoms with Crippen molar-refractivity contribution in [3.05, 3.63) is 59.7 Å². The summed E-state index contributed by atoms with van der Waals surface area (Å²) in [5.41, 5.74) is 1.70. The number of piperidine rings is 1. The fourth-order valence-electron chi connectivity index (χ4n) is 4.14. The number of methoxy groups -OCH3 is 1. The molecule has 0 aliphatic carbocycles. The zero-order valence-electron chi connectivity index (χ0n) is 19.7. The van der Waals surface area contributed by atoms with Crippen LogP contribution in [0.25, 0.3) is 10.9 Å². The maximum atomic E-state index is 13.5. The van der Waals surface area contributed by atoms with Gasteiger partial charge in [-0.2, -0.15) is 0 Å². The Morgan fingerprint density at radius 2 is 2.03 bits per heavy atom. The SMILES string of the molecule is COc1cc2ncnc(Nc3ccc(F)c(Cl)c3)c2cc1NC(=O)C=CCCCN1CCCCC1. The minimum Gasteiger partial charge on any atom is -0.494 e. The Labute approximate surface area is 209 Å². The second kappa shape index (κ2) is 12.0. The van der Waals surface area contributed by atoms with Gasteiger partial charge in [0.05, 0.1) is 23.3 Å². The summed E-state index contributed by atoms with van der Waals surface area (Å²) in [5.74, 6) is 0.235. The van der Waals surface area contributed by atoms with Crippen LogP contribution in [0.4, 0.5) is 21.6 Å². The van der Waals surface area contributed by atoms with Crippen molar-refractivity contribution in [2.24, 2.45) is 0 Å². The number of amides is 1. The first-order chi connectivity index (χ1) is 17.0. The van der Waals surface area contributed by atoms with Crippen molar-refractivity contribution < 1.29 is 13.9 Å². The van der Waals surface area contributed by atoms with Gasteiger partial charge >= 0.3 is 0 Å². The van der Waals surface area contributed by atoms with Crippen molar-refractivity contribution >= 4 is 45.6 Å². The number of rotatable bonds is 9. The Balaban J connectivity index is 1.44. The number of likely N-dealkylation sites (tertiary alicyclic amines) is 1. The average molecular weight is 498 g/mol. The van der Waals surface area contributed by atoms with Gasteiger partial charge < -0.3 is 20.3 Å². The Kier molecular flexibility index (Phi) is 8.50. The van der Waals surface area contributed by atoms with Crippen LogP contribution in [-0.4, -0.2) is 47.5 Å². The zero-order chi connectivity index (χ0) is 24.6. The number of aromatic nitrogens is 2. The highest BCUT2D eigenvalue weighted by molar-refractivity contribution is 6.31. The molecule has 1 aliphatic rings. The van der Waals surface area contributed by atoms with E-state index in [9.17, 15) is 9.18 Å². The van der Waals surface area contributed by atoms with E-state index in [1.165, 1.54) is 57.9 Å². The molecule has 1 fully saturated rings. The van der Waals surface area contributed by atoms with Crippen LogP contribution in [0.15, 0.2) is 48.8 Å². The van der Waals surface area contributed by atoms with Crippen molar-refractivity contribution in [1.82, 2.24) is 14.9 Å². The molecule has 0 radical (unpaired) electrons. The molecule has 2 N–H and O–H groups in total. The Morgan fingerprint density at radius 1 is 1.20 bits per heavy atom. The minimum atomic E-state index is -0.501. The van der Waals surface area contributed by atoms with Crippen LogP contribution in [0.3, 0.4) is 0 Å². The molecule has 0 spiro atoms. The molecule has 4 rings (SSSR count). The first-order valence-electron chi connectivity index (χ1n) is 11.8. The number of unbranched alkanes of at least 4 members (excludes halogenated alkanes) is 1. The van der Waals surface area contributed by atoms with Crippen LogP contribution in [0.1, 0.15) is 32.1 Å². The quantitative estimate of drug-likeness (QED) is 0.281. The zero-order valence-corrected chi connectivity index (χ0v) is 20.4. The number of ether oxygens (including phenoxy) is 1. The summed E-state index contributed by atoms with van der Waals surface area (Å²) in [6, 6.07) is 7.81. The van der Waals surface area contributed by atoms with Gasteiger partial charge in [0.25, 0.3) is 0 Å². The van der Waals surface area contributed by atoms with E-state index >= 15 is 0 Å². The summed E-state index contributed by atoms with van der Waals surface area (Å²) in [7, 11) is 1.54. The Bertz CT molecular complexity index is 1210. The molecule has 7 nitrogen and oxygen atoms in total. The number of nitrogens with zero attached hydrogens (tertiary/aromatic N) is 3. The third kappa shape index (κ3) is 6.68. The predicted octanol–water partition coefficient (Wildman–Crippen LogP) is 5.94. The fraction of sp³-hybridized carbons (Fsp3) is 0.346.